The fourth-order valence-electron chi connectivity index (χ4n) is 2.98. The number of oxazole rings is 1. The number of rotatable bonds is 2. The zero-order chi connectivity index (χ0) is 14.9. The monoisotopic (exact) mass is 357 g/mol. The van der Waals surface area contributed by atoms with Crippen LogP contribution in [0.3, 0.4) is 0 Å². The van der Waals surface area contributed by atoms with Crippen LogP contribution in [0.4, 0.5) is 5.82 Å². The minimum Gasteiger partial charge on any atom is -0.440 e. The number of nitrogens with zero attached hydrogens (tertiary/aromatic N) is 3. The molecule has 1 fully saturated rings. The van der Waals surface area contributed by atoms with E-state index in [-0.39, 0.29) is 0 Å². The molecule has 0 atom stereocenters. The fourth-order valence-corrected chi connectivity index (χ4v) is 3.21. The molecular weight excluding hydrogens is 342 g/mol. The van der Waals surface area contributed by atoms with Crippen molar-refractivity contribution in [3.63, 3.8) is 0 Å². The number of hydrogen-bond acceptors (Lipinski definition) is 4. The molecule has 0 N–H and O–H groups in total. The number of benzene rings is 1. The van der Waals surface area contributed by atoms with Crippen LogP contribution in [0.1, 0.15) is 24.7 Å². The van der Waals surface area contributed by atoms with Crippen molar-refractivity contribution in [1.29, 1.82) is 0 Å². The molecular formula is C17H16BrN3O. The average molecular weight is 358 g/mol. The molecule has 1 aliphatic heterocycles. The van der Waals surface area contributed by atoms with Crippen molar-refractivity contribution in [3.8, 4) is 0 Å². The summed E-state index contributed by atoms with van der Waals surface area (Å²) < 4.78 is 6.92. The minimum absolute atomic E-state index is 0.402. The number of piperidine rings is 1. The van der Waals surface area contributed by atoms with E-state index in [9.17, 15) is 0 Å². The second-order valence-corrected chi connectivity index (χ2v) is 6.53. The lowest BCUT2D eigenvalue weighted by molar-refractivity contribution is 0.406. The normalized spacial score (nSPS) is 16.3. The molecule has 3 heterocycles. The van der Waals surface area contributed by atoms with Crippen molar-refractivity contribution in [3.05, 3.63) is 53.0 Å². The Hall–Kier alpha value is -1.88. The molecule has 1 aliphatic rings. The lowest BCUT2D eigenvalue weighted by Gasteiger charge is -2.31. The molecule has 1 saturated heterocycles. The van der Waals surface area contributed by atoms with E-state index in [1.807, 2.05) is 36.5 Å². The van der Waals surface area contributed by atoms with E-state index >= 15 is 0 Å². The van der Waals surface area contributed by atoms with Gasteiger partial charge in [0.05, 0.1) is 0 Å². The van der Waals surface area contributed by atoms with Crippen LogP contribution >= 0.6 is 15.9 Å². The quantitative estimate of drug-likeness (QED) is 0.682. The third-order valence-electron chi connectivity index (χ3n) is 4.19. The van der Waals surface area contributed by atoms with Gasteiger partial charge in [0.2, 0.25) is 0 Å². The third kappa shape index (κ3) is 2.61. The predicted octanol–water partition coefficient (Wildman–Crippen LogP) is 4.37. The maximum atomic E-state index is 5.91. The number of anilines is 1. The lowest BCUT2D eigenvalue weighted by atomic mass is 9.97. The van der Waals surface area contributed by atoms with Crippen molar-refractivity contribution < 1.29 is 4.42 Å². The lowest BCUT2D eigenvalue weighted by Crippen LogP contribution is -2.33. The summed E-state index contributed by atoms with van der Waals surface area (Å²) in [6.45, 7) is 1.97. The molecule has 4 nitrogen and oxygen atoms in total. The maximum absolute atomic E-state index is 5.91. The summed E-state index contributed by atoms with van der Waals surface area (Å²) in [5, 5.41) is 0. The molecule has 1 aromatic carbocycles. The number of hydrogen-bond donors (Lipinski definition) is 0. The van der Waals surface area contributed by atoms with Crippen LogP contribution in [0.25, 0.3) is 11.1 Å². The first-order chi connectivity index (χ1) is 10.8. The van der Waals surface area contributed by atoms with E-state index in [0.29, 0.717) is 5.92 Å². The first-order valence-corrected chi connectivity index (χ1v) is 8.31. The first-order valence-electron chi connectivity index (χ1n) is 7.51. The van der Waals surface area contributed by atoms with Gasteiger partial charge >= 0.3 is 0 Å². The Labute approximate surface area is 137 Å². The van der Waals surface area contributed by atoms with Crippen LogP contribution in [-0.2, 0) is 0 Å². The van der Waals surface area contributed by atoms with Crippen molar-refractivity contribution in [2.45, 2.75) is 18.8 Å². The van der Waals surface area contributed by atoms with E-state index in [2.05, 4.69) is 36.9 Å². The molecule has 0 aliphatic carbocycles. The summed E-state index contributed by atoms with van der Waals surface area (Å²) in [5.74, 6) is 2.32. The molecule has 0 bridgehead atoms. The Morgan fingerprint density at radius 3 is 2.64 bits per heavy atom. The van der Waals surface area contributed by atoms with Crippen LogP contribution in [0, 0.1) is 0 Å². The SMILES string of the molecule is Brc1ccc(N2CCC(c3nc4ccccc4o3)CC2)nc1. The second kappa shape index (κ2) is 5.72. The van der Waals surface area contributed by atoms with Crippen LogP contribution in [0.15, 0.2) is 51.5 Å². The van der Waals surface area contributed by atoms with Crippen LogP contribution in [0.2, 0.25) is 0 Å². The fraction of sp³-hybridized carbons (Fsp3) is 0.294. The molecule has 22 heavy (non-hydrogen) atoms. The van der Waals surface area contributed by atoms with E-state index in [1.165, 1.54) is 0 Å². The summed E-state index contributed by atoms with van der Waals surface area (Å²) in [6, 6.07) is 12.1. The summed E-state index contributed by atoms with van der Waals surface area (Å²) >= 11 is 3.42. The zero-order valence-corrected chi connectivity index (χ0v) is 13.7. The average Bonchev–Trinajstić information content (AvgIpc) is 3.00. The van der Waals surface area contributed by atoms with Gasteiger partial charge in [-0.2, -0.15) is 0 Å². The Balaban J connectivity index is 1.48. The molecule has 112 valence electrons. The Morgan fingerprint density at radius 1 is 1.09 bits per heavy atom. The molecule has 0 spiro atoms. The summed E-state index contributed by atoms with van der Waals surface area (Å²) in [6.07, 6.45) is 3.94. The number of halogens is 1. The van der Waals surface area contributed by atoms with E-state index in [1.54, 1.807) is 0 Å². The van der Waals surface area contributed by atoms with Gasteiger partial charge in [-0.3, -0.25) is 0 Å². The van der Waals surface area contributed by atoms with E-state index in [0.717, 1.165) is 53.2 Å². The molecule has 2 aromatic heterocycles. The standard InChI is InChI=1S/C17H16BrN3O/c18-13-5-6-16(19-11-13)21-9-7-12(8-10-21)17-20-14-3-1-2-4-15(14)22-17/h1-6,11-12H,7-10H2. The summed E-state index contributed by atoms with van der Waals surface area (Å²) in [4.78, 5) is 11.4. The topological polar surface area (TPSA) is 42.2 Å². The number of pyridine rings is 1. The first kappa shape index (κ1) is 13.8. The highest BCUT2D eigenvalue weighted by atomic mass is 79.9. The van der Waals surface area contributed by atoms with Crippen LogP contribution in [0.5, 0.6) is 0 Å². The van der Waals surface area contributed by atoms with Gasteiger partial charge in [0.1, 0.15) is 11.3 Å². The van der Waals surface area contributed by atoms with Gasteiger partial charge in [0.15, 0.2) is 11.5 Å². The number of para-hydroxylation sites is 2. The molecule has 5 heteroatoms. The summed E-state index contributed by atoms with van der Waals surface area (Å²) in [7, 11) is 0. The van der Waals surface area contributed by atoms with Crippen molar-refractivity contribution in [1.82, 2.24) is 9.97 Å². The smallest absolute Gasteiger partial charge is 0.198 e. The Morgan fingerprint density at radius 2 is 1.91 bits per heavy atom. The van der Waals surface area contributed by atoms with Crippen LogP contribution in [-0.4, -0.2) is 23.1 Å². The minimum atomic E-state index is 0.402. The Bertz CT molecular complexity index is 743. The highest BCUT2D eigenvalue weighted by molar-refractivity contribution is 9.10. The summed E-state index contributed by atoms with van der Waals surface area (Å²) in [5.41, 5.74) is 1.84. The largest absolute Gasteiger partial charge is 0.440 e. The molecule has 4 rings (SSSR count). The molecule has 0 radical (unpaired) electrons. The molecule has 0 unspecified atom stereocenters. The maximum Gasteiger partial charge on any atom is 0.198 e. The van der Waals surface area contributed by atoms with E-state index < -0.39 is 0 Å². The van der Waals surface area contributed by atoms with Crippen molar-refractivity contribution in [2.75, 3.05) is 18.0 Å². The highest BCUT2D eigenvalue weighted by Crippen LogP contribution is 2.31. The van der Waals surface area contributed by atoms with Gasteiger partial charge in [-0.1, -0.05) is 12.1 Å². The number of aromatic nitrogens is 2. The number of fused-ring (bicyclic) bond motifs is 1. The van der Waals surface area contributed by atoms with Gasteiger partial charge in [-0.25, -0.2) is 9.97 Å². The van der Waals surface area contributed by atoms with Crippen molar-refractivity contribution in [2.24, 2.45) is 0 Å². The van der Waals surface area contributed by atoms with Gasteiger partial charge in [0.25, 0.3) is 0 Å². The zero-order valence-electron chi connectivity index (χ0n) is 12.1. The molecule has 0 saturated carbocycles. The van der Waals surface area contributed by atoms with Crippen LogP contribution < -0.4 is 4.90 Å². The van der Waals surface area contributed by atoms with Gasteiger partial charge in [0, 0.05) is 29.7 Å². The van der Waals surface area contributed by atoms with E-state index in [4.69, 9.17) is 4.42 Å². The van der Waals surface area contributed by atoms with Gasteiger partial charge < -0.3 is 9.32 Å². The highest BCUT2D eigenvalue weighted by Gasteiger charge is 2.25. The Kier molecular flexibility index (Phi) is 3.58. The molecule has 3 aromatic rings. The van der Waals surface area contributed by atoms with Gasteiger partial charge in [-0.05, 0) is 53.0 Å². The second-order valence-electron chi connectivity index (χ2n) is 5.62. The third-order valence-corrected chi connectivity index (χ3v) is 4.66. The molecule has 0 amide bonds. The van der Waals surface area contributed by atoms with Crippen molar-refractivity contribution >= 4 is 32.8 Å². The predicted molar refractivity (Wildman–Crippen MR) is 90.1 cm³/mol. The van der Waals surface area contributed by atoms with Gasteiger partial charge in [-0.15, -0.1) is 0 Å².